The number of phenols is 1. The molecule has 0 spiro atoms. The van der Waals surface area contributed by atoms with Crippen molar-refractivity contribution in [2.24, 2.45) is 11.8 Å². The van der Waals surface area contributed by atoms with Gasteiger partial charge in [0.1, 0.15) is 12.0 Å². The van der Waals surface area contributed by atoms with Crippen LogP contribution in [0, 0.1) is 11.8 Å². The third-order valence-electron chi connectivity index (χ3n) is 9.44. The van der Waals surface area contributed by atoms with Crippen molar-refractivity contribution in [3.05, 3.63) is 95.1 Å². The molecule has 0 aromatic heterocycles. The van der Waals surface area contributed by atoms with E-state index < -0.39 is 0 Å². The maximum atomic E-state index is 11.5. The van der Waals surface area contributed by atoms with E-state index in [0.29, 0.717) is 17.6 Å². The Bertz CT molecular complexity index is 1220. The normalized spacial score (nSPS) is 26.1. The summed E-state index contributed by atoms with van der Waals surface area (Å²) < 4.78 is 0. The monoisotopic (exact) mass is 508 g/mol. The third-order valence-corrected chi connectivity index (χ3v) is 9.44. The molecule has 1 aliphatic heterocycles. The Balaban J connectivity index is 1.17. The van der Waals surface area contributed by atoms with E-state index >= 15 is 0 Å². The molecule has 6 rings (SSSR count). The summed E-state index contributed by atoms with van der Waals surface area (Å²) >= 11 is 0. The van der Waals surface area contributed by atoms with Crippen molar-refractivity contribution in [3.8, 4) is 5.75 Å². The number of piperazine rings is 1. The van der Waals surface area contributed by atoms with Crippen LogP contribution in [-0.2, 0) is 11.2 Å². The Hall–Kier alpha value is -3.11. The van der Waals surface area contributed by atoms with Crippen LogP contribution in [0.3, 0.4) is 0 Å². The van der Waals surface area contributed by atoms with Gasteiger partial charge in [0.05, 0.1) is 0 Å². The van der Waals surface area contributed by atoms with Crippen molar-refractivity contribution < 1.29 is 9.90 Å². The molecule has 2 aliphatic carbocycles. The molecule has 4 atom stereocenters. The summed E-state index contributed by atoms with van der Waals surface area (Å²) in [7, 11) is 0. The van der Waals surface area contributed by atoms with E-state index in [1.807, 2.05) is 12.1 Å². The highest BCUT2D eigenvalue weighted by Gasteiger charge is 2.32. The first-order chi connectivity index (χ1) is 18.7. The van der Waals surface area contributed by atoms with Gasteiger partial charge >= 0.3 is 0 Å². The van der Waals surface area contributed by atoms with Gasteiger partial charge in [-0.05, 0) is 84.0 Å². The molecule has 4 heteroatoms. The number of carbonyl (C=O) groups is 1. The summed E-state index contributed by atoms with van der Waals surface area (Å²) in [6.07, 6.45) is 8.08. The molecule has 3 aliphatic rings. The summed E-state index contributed by atoms with van der Waals surface area (Å²) in [6.45, 7) is 5.29. The van der Waals surface area contributed by atoms with Gasteiger partial charge in [-0.3, -0.25) is 4.90 Å². The Morgan fingerprint density at radius 1 is 0.816 bits per heavy atom. The second kappa shape index (κ2) is 11.3. The van der Waals surface area contributed by atoms with E-state index in [1.54, 1.807) is 0 Å². The fraction of sp³-hybridized carbons (Fsp3) is 0.441. The van der Waals surface area contributed by atoms with Crippen molar-refractivity contribution in [1.82, 2.24) is 4.90 Å². The topological polar surface area (TPSA) is 43.8 Å². The molecule has 4 nitrogen and oxygen atoms in total. The van der Waals surface area contributed by atoms with Crippen LogP contribution < -0.4 is 4.90 Å². The van der Waals surface area contributed by atoms with E-state index in [0.717, 1.165) is 52.0 Å². The van der Waals surface area contributed by atoms with Crippen molar-refractivity contribution >= 4 is 12.0 Å². The number of aldehydes is 1. The Kier molecular flexibility index (Phi) is 7.51. The van der Waals surface area contributed by atoms with E-state index in [4.69, 9.17) is 0 Å². The van der Waals surface area contributed by atoms with Crippen LogP contribution in [-0.4, -0.2) is 49.0 Å². The first kappa shape index (κ1) is 25.2. The minimum absolute atomic E-state index is 0.267. The van der Waals surface area contributed by atoms with Crippen molar-refractivity contribution in [3.63, 3.8) is 0 Å². The molecule has 3 aromatic carbocycles. The number of rotatable bonds is 6. The second-order valence-corrected chi connectivity index (χ2v) is 11.6. The second-order valence-electron chi connectivity index (χ2n) is 11.6. The average molecular weight is 509 g/mol. The van der Waals surface area contributed by atoms with Crippen molar-refractivity contribution in [2.45, 2.75) is 50.4 Å². The third kappa shape index (κ3) is 5.24. The number of nitrogens with zero attached hydrogens (tertiary/aromatic N) is 2. The van der Waals surface area contributed by atoms with Gasteiger partial charge < -0.3 is 14.8 Å². The van der Waals surface area contributed by atoms with Crippen LogP contribution in [0.1, 0.15) is 66.2 Å². The summed E-state index contributed by atoms with van der Waals surface area (Å²) in [5, 5.41) is 10.1. The fourth-order valence-electron chi connectivity index (χ4n) is 7.33. The molecule has 1 N–H and O–H groups in total. The standard InChI is InChI=1S/C34H40N2O2/c37-24-29-9-5-4-8-28(29)23-35-18-20-36(21-19-35)30-13-10-26(11-14-30)34-32(25-6-2-1-3-7-25)16-12-27-22-31(38)15-17-33(27)34/h1-3,6-7,10-11,13-15,17,22,24,28-29,32,34,38H,4-5,8-9,12,16,18-21,23H2/t28-,29-,32-,34+/m1/s1. The van der Waals surface area contributed by atoms with Gasteiger partial charge in [-0.1, -0.05) is 61.4 Å². The minimum Gasteiger partial charge on any atom is -0.508 e. The molecule has 1 saturated heterocycles. The van der Waals surface area contributed by atoms with Crippen LogP contribution in [0.15, 0.2) is 72.8 Å². The maximum Gasteiger partial charge on any atom is 0.123 e. The van der Waals surface area contributed by atoms with Gasteiger partial charge in [-0.2, -0.15) is 0 Å². The lowest BCUT2D eigenvalue weighted by Crippen LogP contribution is -2.48. The fourth-order valence-corrected chi connectivity index (χ4v) is 7.33. The zero-order valence-corrected chi connectivity index (χ0v) is 22.3. The molecule has 0 bridgehead atoms. The van der Waals surface area contributed by atoms with Gasteiger partial charge in [0.15, 0.2) is 0 Å². The largest absolute Gasteiger partial charge is 0.508 e. The van der Waals surface area contributed by atoms with Crippen LogP contribution in [0.5, 0.6) is 5.75 Å². The quantitative estimate of drug-likeness (QED) is 0.392. The predicted molar refractivity (Wildman–Crippen MR) is 154 cm³/mol. The maximum absolute atomic E-state index is 11.5. The predicted octanol–water partition coefficient (Wildman–Crippen LogP) is 6.38. The SMILES string of the molecule is O=C[C@H]1CCCC[C@@H]1CN1CCN(c2ccc([C@@H]3c4ccc(O)cc4CC[C@@H]3c3ccccc3)cc2)CC1. The van der Waals surface area contributed by atoms with Gasteiger partial charge in [-0.25, -0.2) is 0 Å². The lowest BCUT2D eigenvalue weighted by molar-refractivity contribution is -0.113. The lowest BCUT2D eigenvalue weighted by atomic mass is 9.69. The Morgan fingerprint density at radius 2 is 1.58 bits per heavy atom. The smallest absolute Gasteiger partial charge is 0.123 e. The number of hydrogen-bond donors (Lipinski definition) is 1. The number of phenolic OH excluding ortho intramolecular Hbond substituents is 1. The number of fused-ring (bicyclic) bond motifs is 1. The van der Waals surface area contributed by atoms with Crippen LogP contribution in [0.25, 0.3) is 0 Å². The molecular weight excluding hydrogens is 468 g/mol. The summed E-state index contributed by atoms with van der Waals surface area (Å²) in [6, 6.07) is 26.2. The van der Waals surface area contributed by atoms with Gasteiger partial charge in [0.2, 0.25) is 0 Å². The molecule has 0 amide bonds. The molecule has 3 aromatic rings. The van der Waals surface area contributed by atoms with Crippen LogP contribution >= 0.6 is 0 Å². The van der Waals surface area contributed by atoms with Crippen LogP contribution in [0.2, 0.25) is 0 Å². The van der Waals surface area contributed by atoms with E-state index in [9.17, 15) is 9.90 Å². The average Bonchev–Trinajstić information content (AvgIpc) is 2.98. The first-order valence-corrected chi connectivity index (χ1v) is 14.6. The van der Waals surface area contributed by atoms with Crippen molar-refractivity contribution in [2.75, 3.05) is 37.6 Å². The first-order valence-electron chi connectivity index (χ1n) is 14.6. The highest BCUT2D eigenvalue weighted by molar-refractivity contribution is 5.54. The molecule has 1 saturated carbocycles. The number of aryl methyl sites for hydroxylation is 1. The number of carbonyl (C=O) groups excluding carboxylic acids is 1. The van der Waals surface area contributed by atoms with E-state index in [2.05, 4.69) is 70.5 Å². The number of anilines is 1. The van der Waals surface area contributed by atoms with E-state index in [-0.39, 0.29) is 11.8 Å². The van der Waals surface area contributed by atoms with Gasteiger partial charge in [0.25, 0.3) is 0 Å². The zero-order chi connectivity index (χ0) is 25.9. The molecule has 1 heterocycles. The number of aromatic hydroxyl groups is 1. The number of hydrogen-bond acceptors (Lipinski definition) is 4. The lowest BCUT2D eigenvalue weighted by Gasteiger charge is -2.39. The van der Waals surface area contributed by atoms with E-state index in [1.165, 1.54) is 53.5 Å². The molecule has 0 radical (unpaired) electrons. The number of benzene rings is 3. The molecule has 38 heavy (non-hydrogen) atoms. The summed E-state index contributed by atoms with van der Waals surface area (Å²) in [5.41, 5.74) is 6.67. The summed E-state index contributed by atoms with van der Waals surface area (Å²) in [5.74, 6) is 1.89. The molecule has 2 fully saturated rings. The molecule has 198 valence electrons. The Morgan fingerprint density at radius 3 is 2.34 bits per heavy atom. The Labute approximate surface area is 227 Å². The molecule has 0 unspecified atom stereocenters. The minimum atomic E-state index is 0.267. The summed E-state index contributed by atoms with van der Waals surface area (Å²) in [4.78, 5) is 16.6. The van der Waals surface area contributed by atoms with Gasteiger partial charge in [0, 0.05) is 50.2 Å². The van der Waals surface area contributed by atoms with Gasteiger partial charge in [-0.15, -0.1) is 0 Å². The highest BCUT2D eigenvalue weighted by Crippen LogP contribution is 2.47. The highest BCUT2D eigenvalue weighted by atomic mass is 16.3. The molecular formula is C34H40N2O2. The van der Waals surface area contributed by atoms with Crippen LogP contribution in [0.4, 0.5) is 5.69 Å². The zero-order valence-electron chi connectivity index (χ0n) is 22.3. The van der Waals surface area contributed by atoms with Crippen molar-refractivity contribution in [1.29, 1.82) is 0 Å².